The Morgan fingerprint density at radius 3 is 2.47 bits per heavy atom. The van der Waals surface area contributed by atoms with Gasteiger partial charge in [0.1, 0.15) is 5.54 Å². The molecule has 0 unspecified atom stereocenters. The molecule has 1 aliphatic heterocycles. The molecule has 8 nitrogen and oxygen atoms in total. The van der Waals surface area contributed by atoms with E-state index in [9.17, 15) is 22.8 Å². The summed E-state index contributed by atoms with van der Waals surface area (Å²) in [5.41, 5.74) is 1.45. The first-order valence-electron chi connectivity index (χ1n) is 10.5. The maximum Gasteiger partial charge on any atom is 0.325 e. The fraction of sp³-hybridized carbons (Fsp3) is 0.348. The minimum absolute atomic E-state index is 0.262. The average molecular weight is 456 g/mol. The van der Waals surface area contributed by atoms with E-state index in [0.29, 0.717) is 17.7 Å². The normalized spacial score (nSPS) is 20.2. The molecule has 0 bridgehead atoms. The molecule has 1 spiro atoms. The molecule has 1 saturated heterocycles. The first-order valence-corrected chi connectivity index (χ1v) is 12.4. The summed E-state index contributed by atoms with van der Waals surface area (Å²) in [5, 5.41) is 2.84. The van der Waals surface area contributed by atoms with Crippen molar-refractivity contribution in [2.75, 3.05) is 23.7 Å². The molecule has 0 saturated carbocycles. The molecule has 1 fully saturated rings. The van der Waals surface area contributed by atoms with E-state index in [1.807, 2.05) is 24.3 Å². The number of ketones is 1. The molecule has 1 N–H and O–H groups in total. The fourth-order valence-corrected chi connectivity index (χ4v) is 5.59. The molecule has 9 heteroatoms. The van der Waals surface area contributed by atoms with Gasteiger partial charge < -0.3 is 5.32 Å². The number of carbonyl (C=O) groups excluding carboxylic acids is 3. The molecule has 1 heterocycles. The zero-order valence-corrected chi connectivity index (χ0v) is 18.8. The number of rotatable bonds is 6. The maximum atomic E-state index is 13.3. The monoisotopic (exact) mass is 455 g/mol. The average Bonchev–Trinajstić information content (AvgIpc) is 2.99. The summed E-state index contributed by atoms with van der Waals surface area (Å²) in [5.74, 6) is -0.808. The summed E-state index contributed by atoms with van der Waals surface area (Å²) in [7, 11) is -3.43. The van der Waals surface area contributed by atoms with E-state index >= 15 is 0 Å². The minimum Gasteiger partial charge on any atom is -0.319 e. The van der Waals surface area contributed by atoms with Gasteiger partial charge in [0, 0.05) is 12.1 Å². The van der Waals surface area contributed by atoms with E-state index in [1.165, 1.54) is 16.4 Å². The Bertz CT molecular complexity index is 1190. The predicted molar refractivity (Wildman–Crippen MR) is 120 cm³/mol. The molecule has 4 rings (SSSR count). The van der Waals surface area contributed by atoms with Crippen LogP contribution in [0, 0.1) is 0 Å². The lowest BCUT2D eigenvalue weighted by atomic mass is 9.76. The highest BCUT2D eigenvalue weighted by atomic mass is 32.2. The van der Waals surface area contributed by atoms with Crippen molar-refractivity contribution < 1.29 is 22.8 Å². The van der Waals surface area contributed by atoms with Crippen LogP contribution in [0.2, 0.25) is 0 Å². The molecule has 2 aromatic rings. The number of Topliss-reactive ketones (excluding diaryl/α,β-unsaturated/α-hetero) is 1. The predicted octanol–water partition coefficient (Wildman–Crippen LogP) is 2.44. The smallest absolute Gasteiger partial charge is 0.319 e. The number of urea groups is 1. The van der Waals surface area contributed by atoms with Crippen LogP contribution in [0.25, 0.3) is 0 Å². The van der Waals surface area contributed by atoms with Crippen molar-refractivity contribution in [1.29, 1.82) is 0 Å². The van der Waals surface area contributed by atoms with Crippen LogP contribution in [0.15, 0.2) is 48.5 Å². The number of imide groups is 1. The number of amides is 3. The molecule has 2 aliphatic rings. The van der Waals surface area contributed by atoms with Crippen molar-refractivity contribution in [2.45, 2.75) is 31.7 Å². The van der Waals surface area contributed by atoms with Gasteiger partial charge in [0.05, 0.1) is 18.5 Å². The summed E-state index contributed by atoms with van der Waals surface area (Å²) in [4.78, 5) is 39.9. The van der Waals surface area contributed by atoms with E-state index in [2.05, 4.69) is 5.32 Å². The molecular formula is C23H25N3O5S. The van der Waals surface area contributed by atoms with Crippen molar-refractivity contribution >= 4 is 33.4 Å². The Hall–Kier alpha value is -3.20. The summed E-state index contributed by atoms with van der Waals surface area (Å²) in [6.07, 6.45) is 3.22. The number of carbonyl (C=O) groups is 3. The number of anilines is 1. The third-order valence-electron chi connectivity index (χ3n) is 6.12. The van der Waals surface area contributed by atoms with Crippen molar-refractivity contribution in [3.8, 4) is 0 Å². The summed E-state index contributed by atoms with van der Waals surface area (Å²) in [6.45, 7) is 1.60. The number of benzene rings is 2. The van der Waals surface area contributed by atoms with E-state index in [-0.39, 0.29) is 13.1 Å². The lowest BCUT2D eigenvalue weighted by molar-refractivity contribution is -0.131. The quantitative estimate of drug-likeness (QED) is 0.532. The number of aryl methyl sites for hydroxylation is 1. The van der Waals surface area contributed by atoms with Crippen LogP contribution in [0.4, 0.5) is 10.5 Å². The van der Waals surface area contributed by atoms with E-state index in [0.717, 1.165) is 35.1 Å². The first-order chi connectivity index (χ1) is 15.2. The van der Waals surface area contributed by atoms with Crippen LogP contribution in [-0.4, -0.2) is 50.4 Å². The van der Waals surface area contributed by atoms with Gasteiger partial charge in [0.25, 0.3) is 5.91 Å². The lowest BCUT2D eigenvalue weighted by Gasteiger charge is -2.33. The molecule has 32 heavy (non-hydrogen) atoms. The number of sulfonamides is 1. The molecule has 1 atom stereocenters. The number of hydrogen-bond donors (Lipinski definition) is 1. The Morgan fingerprint density at radius 2 is 1.81 bits per heavy atom. The van der Waals surface area contributed by atoms with Gasteiger partial charge in [0.2, 0.25) is 10.0 Å². The Labute approximate surface area is 187 Å². The van der Waals surface area contributed by atoms with Gasteiger partial charge in [-0.1, -0.05) is 24.3 Å². The SMILES string of the molecule is CCN(c1ccc(C(=O)CN2C(=O)N[C@]3(CCCc4ccccc43)C2=O)cc1)S(C)(=O)=O. The largest absolute Gasteiger partial charge is 0.325 e. The van der Waals surface area contributed by atoms with Crippen LogP contribution >= 0.6 is 0 Å². The first kappa shape index (κ1) is 22.0. The molecule has 3 amide bonds. The second-order valence-electron chi connectivity index (χ2n) is 8.14. The minimum atomic E-state index is -3.43. The van der Waals surface area contributed by atoms with Crippen LogP contribution < -0.4 is 9.62 Å². The van der Waals surface area contributed by atoms with Gasteiger partial charge in [-0.2, -0.15) is 0 Å². The molecule has 0 aromatic heterocycles. The number of hydrogen-bond acceptors (Lipinski definition) is 5. The topological polar surface area (TPSA) is 104 Å². The molecule has 2 aromatic carbocycles. The molecule has 0 radical (unpaired) electrons. The number of fused-ring (bicyclic) bond motifs is 2. The van der Waals surface area contributed by atoms with Gasteiger partial charge in [-0.3, -0.25) is 18.8 Å². The standard InChI is InChI=1S/C23H25N3O5S/c1-3-26(32(2,30)31)18-12-10-17(11-13-18)20(27)15-25-21(28)23(24-22(25)29)14-6-8-16-7-4-5-9-19(16)23/h4-5,7,9-13H,3,6,8,14-15H2,1-2H3,(H,24,29)/t23-/m0/s1. The van der Waals surface area contributed by atoms with E-state index in [1.54, 1.807) is 19.1 Å². The third-order valence-corrected chi connectivity index (χ3v) is 7.39. The van der Waals surface area contributed by atoms with Gasteiger partial charge in [0.15, 0.2) is 5.78 Å². The van der Waals surface area contributed by atoms with E-state index in [4.69, 9.17) is 0 Å². The number of nitrogens with one attached hydrogen (secondary N) is 1. The third kappa shape index (κ3) is 3.66. The Kier molecular flexibility index (Phi) is 5.54. The van der Waals surface area contributed by atoms with Crippen LogP contribution in [0.1, 0.15) is 41.3 Å². The second-order valence-corrected chi connectivity index (χ2v) is 10.0. The van der Waals surface area contributed by atoms with Crippen LogP contribution in [0.3, 0.4) is 0 Å². The molecular weight excluding hydrogens is 430 g/mol. The van der Waals surface area contributed by atoms with Crippen molar-refractivity contribution in [3.05, 3.63) is 65.2 Å². The van der Waals surface area contributed by atoms with Crippen molar-refractivity contribution in [3.63, 3.8) is 0 Å². The Morgan fingerprint density at radius 1 is 1.12 bits per heavy atom. The second kappa shape index (κ2) is 8.05. The van der Waals surface area contributed by atoms with Gasteiger partial charge >= 0.3 is 6.03 Å². The zero-order valence-electron chi connectivity index (χ0n) is 18.0. The highest BCUT2D eigenvalue weighted by Crippen LogP contribution is 2.39. The molecule has 1 aliphatic carbocycles. The van der Waals surface area contributed by atoms with Crippen LogP contribution in [-0.2, 0) is 26.8 Å². The zero-order chi connectivity index (χ0) is 23.1. The van der Waals surface area contributed by atoms with Gasteiger partial charge in [-0.25, -0.2) is 13.2 Å². The Balaban J connectivity index is 1.55. The highest BCUT2D eigenvalue weighted by Gasteiger charge is 2.54. The van der Waals surface area contributed by atoms with Gasteiger partial charge in [-0.15, -0.1) is 0 Å². The van der Waals surface area contributed by atoms with Gasteiger partial charge in [-0.05, 0) is 61.6 Å². The summed E-state index contributed by atoms with van der Waals surface area (Å²) >= 11 is 0. The molecule has 168 valence electrons. The highest BCUT2D eigenvalue weighted by molar-refractivity contribution is 7.92. The fourth-order valence-electron chi connectivity index (χ4n) is 4.61. The van der Waals surface area contributed by atoms with Crippen LogP contribution in [0.5, 0.6) is 0 Å². The number of nitrogens with zero attached hydrogens (tertiary/aromatic N) is 2. The summed E-state index contributed by atoms with van der Waals surface area (Å²) < 4.78 is 25.0. The van der Waals surface area contributed by atoms with Crippen molar-refractivity contribution in [2.24, 2.45) is 0 Å². The lowest BCUT2D eigenvalue weighted by Crippen LogP contribution is -2.46. The summed E-state index contributed by atoms with van der Waals surface area (Å²) in [6, 6.07) is 13.1. The van der Waals surface area contributed by atoms with Crippen molar-refractivity contribution in [1.82, 2.24) is 10.2 Å². The maximum absolute atomic E-state index is 13.3. The van der Waals surface area contributed by atoms with E-state index < -0.39 is 33.3 Å².